The molecule has 1 rings (SSSR count). The van der Waals surface area contributed by atoms with E-state index in [2.05, 4.69) is 9.46 Å². The Morgan fingerprint density at radius 1 is 1.40 bits per heavy atom. The molecule has 0 fully saturated rings. The van der Waals surface area contributed by atoms with E-state index in [1.54, 1.807) is 6.92 Å². The molecule has 114 valence electrons. The van der Waals surface area contributed by atoms with Crippen molar-refractivity contribution >= 4 is 28.4 Å². The minimum atomic E-state index is -3.57. The van der Waals surface area contributed by atoms with E-state index in [9.17, 15) is 13.2 Å². The van der Waals surface area contributed by atoms with Crippen LogP contribution in [0.1, 0.15) is 22.3 Å². The molecule has 0 atom stereocenters. The molecule has 0 saturated heterocycles. The van der Waals surface area contributed by atoms with Crippen LogP contribution in [0.15, 0.2) is 23.1 Å². The van der Waals surface area contributed by atoms with Gasteiger partial charge >= 0.3 is 5.97 Å². The van der Waals surface area contributed by atoms with E-state index in [0.717, 1.165) is 0 Å². The van der Waals surface area contributed by atoms with E-state index in [1.165, 1.54) is 25.3 Å². The number of hydrogen-bond acceptors (Lipinski definition) is 5. The quantitative estimate of drug-likeness (QED) is 0.597. The van der Waals surface area contributed by atoms with Crippen molar-refractivity contribution in [3.05, 3.63) is 29.3 Å². The molecule has 0 aliphatic carbocycles. The summed E-state index contributed by atoms with van der Waals surface area (Å²) in [6.45, 7) is 2.34. The van der Waals surface area contributed by atoms with Crippen LogP contribution in [-0.4, -0.2) is 34.6 Å². The zero-order chi connectivity index (χ0) is 14.5. The maximum atomic E-state index is 12.0. The lowest BCUT2D eigenvalue weighted by atomic mass is 10.1. The minimum Gasteiger partial charge on any atom is -0.465 e. The number of hydrogen-bond donors (Lipinski definition) is 2. The highest BCUT2D eigenvalue weighted by Crippen LogP contribution is 2.17. The zero-order valence-electron chi connectivity index (χ0n) is 11.4. The molecule has 0 heterocycles. The van der Waals surface area contributed by atoms with Crippen molar-refractivity contribution in [2.75, 3.05) is 20.2 Å². The molecule has 0 amide bonds. The topological polar surface area (TPSA) is 98.5 Å². The highest BCUT2D eigenvalue weighted by molar-refractivity contribution is 7.89. The average molecular weight is 323 g/mol. The number of nitrogens with one attached hydrogen (secondary N) is 1. The Labute approximate surface area is 125 Å². The number of aryl methyl sites for hydroxylation is 1. The summed E-state index contributed by atoms with van der Waals surface area (Å²) < 4.78 is 31.1. The van der Waals surface area contributed by atoms with Gasteiger partial charge in [0.25, 0.3) is 0 Å². The smallest absolute Gasteiger partial charge is 0.337 e. The predicted molar refractivity (Wildman–Crippen MR) is 78.6 cm³/mol. The molecule has 0 unspecified atom stereocenters. The molecule has 3 N–H and O–H groups in total. The van der Waals surface area contributed by atoms with Crippen LogP contribution < -0.4 is 10.5 Å². The number of halogens is 1. The molecule has 20 heavy (non-hydrogen) atoms. The second-order valence-corrected chi connectivity index (χ2v) is 5.75. The normalized spacial score (nSPS) is 10.8. The van der Waals surface area contributed by atoms with E-state index in [0.29, 0.717) is 24.1 Å². The number of sulfonamides is 1. The van der Waals surface area contributed by atoms with Crippen LogP contribution >= 0.6 is 12.4 Å². The zero-order valence-corrected chi connectivity index (χ0v) is 13.0. The molecule has 0 spiro atoms. The number of carbonyl (C=O) groups excluding carboxylic acids is 1. The van der Waals surface area contributed by atoms with E-state index in [4.69, 9.17) is 5.73 Å². The maximum absolute atomic E-state index is 12.0. The van der Waals surface area contributed by atoms with Gasteiger partial charge < -0.3 is 10.5 Å². The summed E-state index contributed by atoms with van der Waals surface area (Å²) in [7, 11) is -2.30. The molecular weight excluding hydrogens is 304 g/mol. The fourth-order valence-electron chi connectivity index (χ4n) is 1.58. The summed E-state index contributed by atoms with van der Waals surface area (Å²) >= 11 is 0. The van der Waals surface area contributed by atoms with Crippen molar-refractivity contribution < 1.29 is 17.9 Å². The van der Waals surface area contributed by atoms with Gasteiger partial charge in [-0.25, -0.2) is 17.9 Å². The maximum Gasteiger partial charge on any atom is 0.337 e. The molecule has 6 nitrogen and oxygen atoms in total. The van der Waals surface area contributed by atoms with Gasteiger partial charge in [-0.15, -0.1) is 12.4 Å². The van der Waals surface area contributed by atoms with Gasteiger partial charge in [-0.1, -0.05) is 0 Å². The van der Waals surface area contributed by atoms with Crippen LogP contribution in [0.3, 0.4) is 0 Å². The van der Waals surface area contributed by atoms with E-state index in [1.807, 2.05) is 0 Å². The summed E-state index contributed by atoms with van der Waals surface area (Å²) in [4.78, 5) is 11.5. The largest absolute Gasteiger partial charge is 0.465 e. The van der Waals surface area contributed by atoms with Gasteiger partial charge in [-0.3, -0.25) is 0 Å². The third kappa shape index (κ3) is 4.75. The van der Waals surface area contributed by atoms with Crippen molar-refractivity contribution in [1.29, 1.82) is 0 Å². The van der Waals surface area contributed by atoms with Crippen LogP contribution in [-0.2, 0) is 14.8 Å². The Morgan fingerprint density at radius 3 is 2.55 bits per heavy atom. The lowest BCUT2D eigenvalue weighted by molar-refractivity contribution is 0.0600. The second-order valence-electron chi connectivity index (χ2n) is 4.01. The average Bonchev–Trinajstić information content (AvgIpc) is 2.37. The van der Waals surface area contributed by atoms with Crippen molar-refractivity contribution in [3.63, 3.8) is 0 Å². The van der Waals surface area contributed by atoms with Gasteiger partial charge in [0.15, 0.2) is 0 Å². The molecule has 8 heteroatoms. The minimum absolute atomic E-state index is 0. The number of carbonyl (C=O) groups is 1. The molecule has 0 aromatic heterocycles. The van der Waals surface area contributed by atoms with E-state index >= 15 is 0 Å². The summed E-state index contributed by atoms with van der Waals surface area (Å²) in [5.74, 6) is -0.497. The molecular formula is C12H19ClN2O4S. The first-order valence-corrected chi connectivity index (χ1v) is 7.29. The van der Waals surface area contributed by atoms with Crippen LogP contribution in [0.4, 0.5) is 0 Å². The highest BCUT2D eigenvalue weighted by atomic mass is 35.5. The lowest BCUT2D eigenvalue weighted by Crippen LogP contribution is -2.27. The Kier molecular flexibility index (Phi) is 7.74. The number of methoxy groups -OCH3 is 1. The summed E-state index contributed by atoms with van der Waals surface area (Å²) in [6, 6.07) is 4.31. The Bertz CT molecular complexity index is 561. The number of nitrogens with two attached hydrogens (primary N) is 1. The van der Waals surface area contributed by atoms with Gasteiger partial charge in [-0.2, -0.15) is 0 Å². The third-order valence-corrected chi connectivity index (χ3v) is 4.18. The van der Waals surface area contributed by atoms with Crippen molar-refractivity contribution in [1.82, 2.24) is 4.72 Å². The second kappa shape index (κ2) is 8.21. The molecule has 1 aromatic carbocycles. The Hall–Kier alpha value is -1.15. The lowest BCUT2D eigenvalue weighted by Gasteiger charge is -2.10. The fourth-order valence-corrected chi connectivity index (χ4v) is 2.88. The van der Waals surface area contributed by atoms with Gasteiger partial charge in [0.2, 0.25) is 10.0 Å². The van der Waals surface area contributed by atoms with Crippen molar-refractivity contribution in [2.45, 2.75) is 18.2 Å². The Balaban J connectivity index is 0.00000361. The van der Waals surface area contributed by atoms with Gasteiger partial charge in [-0.05, 0) is 43.7 Å². The molecule has 0 bridgehead atoms. The van der Waals surface area contributed by atoms with Gasteiger partial charge in [0.05, 0.1) is 17.6 Å². The SMILES string of the molecule is COC(=O)c1ccc(S(=O)(=O)NCCCN)c(C)c1.Cl. The number of rotatable bonds is 6. The molecule has 1 aromatic rings. The molecule has 0 saturated carbocycles. The molecule has 0 aliphatic rings. The van der Waals surface area contributed by atoms with Crippen LogP contribution in [0.25, 0.3) is 0 Å². The number of benzene rings is 1. The van der Waals surface area contributed by atoms with E-state index in [-0.39, 0.29) is 23.8 Å². The first-order valence-electron chi connectivity index (χ1n) is 5.81. The van der Waals surface area contributed by atoms with Crippen molar-refractivity contribution in [2.24, 2.45) is 5.73 Å². The summed E-state index contributed by atoms with van der Waals surface area (Å²) in [5.41, 5.74) is 6.12. The number of ether oxygens (including phenoxy) is 1. The molecule has 0 aliphatic heterocycles. The standard InChI is InChI=1S/C12H18N2O4S.ClH/c1-9-8-10(12(15)18-2)4-5-11(9)19(16,17)14-7-3-6-13;/h4-5,8,14H,3,6-7,13H2,1-2H3;1H. The van der Waals surface area contributed by atoms with Gasteiger partial charge in [0, 0.05) is 6.54 Å². The summed E-state index contributed by atoms with van der Waals surface area (Å²) in [6.07, 6.45) is 0.568. The predicted octanol–water partition coefficient (Wildman–Crippen LogP) is 0.831. The van der Waals surface area contributed by atoms with Crippen LogP contribution in [0, 0.1) is 6.92 Å². The van der Waals surface area contributed by atoms with Crippen LogP contribution in [0.5, 0.6) is 0 Å². The number of esters is 1. The Morgan fingerprint density at radius 2 is 2.05 bits per heavy atom. The van der Waals surface area contributed by atoms with Crippen molar-refractivity contribution in [3.8, 4) is 0 Å². The monoisotopic (exact) mass is 322 g/mol. The van der Waals surface area contributed by atoms with Gasteiger partial charge in [0.1, 0.15) is 0 Å². The van der Waals surface area contributed by atoms with E-state index < -0.39 is 16.0 Å². The third-order valence-electron chi connectivity index (χ3n) is 2.56. The molecule has 0 radical (unpaired) electrons. The fraction of sp³-hybridized carbons (Fsp3) is 0.417. The summed E-state index contributed by atoms with van der Waals surface area (Å²) in [5, 5.41) is 0. The van der Waals surface area contributed by atoms with Crippen LogP contribution in [0.2, 0.25) is 0 Å². The first kappa shape index (κ1) is 18.9. The first-order chi connectivity index (χ1) is 8.92. The highest BCUT2D eigenvalue weighted by Gasteiger charge is 2.17.